The van der Waals surface area contributed by atoms with Gasteiger partial charge in [-0.3, -0.25) is 9.59 Å². The molecule has 1 unspecified atom stereocenters. The van der Waals surface area contributed by atoms with Gasteiger partial charge >= 0.3 is 0 Å². The largest absolute Gasteiger partial charge is 0.503 e. The Morgan fingerprint density at radius 3 is 2.15 bits per heavy atom. The van der Waals surface area contributed by atoms with E-state index in [4.69, 9.17) is 9.47 Å². The van der Waals surface area contributed by atoms with Crippen molar-refractivity contribution in [3.8, 4) is 11.5 Å². The molecule has 0 spiro atoms. The normalized spacial score (nSPS) is 15.0. The summed E-state index contributed by atoms with van der Waals surface area (Å²) in [6.45, 7) is 0.668. The van der Waals surface area contributed by atoms with Crippen molar-refractivity contribution in [3.63, 3.8) is 0 Å². The molecule has 6 heteroatoms. The average Bonchev–Trinajstić information content (AvgIpc) is 3.28. The lowest BCUT2D eigenvalue weighted by atomic mass is 9.95. The molecule has 0 saturated carbocycles. The molecule has 1 aliphatic rings. The quantitative estimate of drug-likeness (QED) is 0.218. The fourth-order valence-electron chi connectivity index (χ4n) is 4.91. The molecule has 4 aromatic carbocycles. The predicted molar refractivity (Wildman–Crippen MR) is 159 cm³/mol. The molecule has 0 saturated heterocycles. The zero-order valence-corrected chi connectivity index (χ0v) is 22.8. The minimum atomic E-state index is -0.795. The maximum absolute atomic E-state index is 13.5. The van der Waals surface area contributed by atoms with Crippen LogP contribution in [0.1, 0.15) is 28.3 Å². The fourth-order valence-corrected chi connectivity index (χ4v) is 4.91. The Bertz CT molecular complexity index is 1560. The predicted octanol–water partition coefficient (Wildman–Crippen LogP) is 6.49. The summed E-state index contributed by atoms with van der Waals surface area (Å²) in [5, 5.41) is 11.0. The first-order valence-corrected chi connectivity index (χ1v) is 13.5. The van der Waals surface area contributed by atoms with Crippen molar-refractivity contribution < 1.29 is 24.2 Å². The Balaban J connectivity index is 1.47. The average molecular weight is 546 g/mol. The van der Waals surface area contributed by atoms with Crippen LogP contribution in [0.15, 0.2) is 127 Å². The number of aliphatic hydroxyl groups excluding tert-OH is 1. The van der Waals surface area contributed by atoms with E-state index in [1.807, 2.05) is 97.1 Å². The zero-order valence-electron chi connectivity index (χ0n) is 22.8. The number of nitrogens with zero attached hydrogens (tertiary/aromatic N) is 1. The first-order valence-electron chi connectivity index (χ1n) is 13.5. The van der Waals surface area contributed by atoms with Gasteiger partial charge in [0, 0.05) is 6.54 Å². The van der Waals surface area contributed by atoms with Gasteiger partial charge in [-0.05, 0) is 46.9 Å². The number of hydrogen-bond acceptors (Lipinski definition) is 5. The molecular formula is C35H31NO5. The molecule has 1 heterocycles. The summed E-state index contributed by atoms with van der Waals surface area (Å²) < 4.78 is 11.7. The van der Waals surface area contributed by atoms with Crippen molar-refractivity contribution in [2.75, 3.05) is 13.7 Å². The van der Waals surface area contributed by atoms with Crippen LogP contribution < -0.4 is 9.47 Å². The number of allylic oxidation sites excluding steroid dienone is 1. The lowest BCUT2D eigenvalue weighted by Crippen LogP contribution is -2.33. The van der Waals surface area contributed by atoms with E-state index in [9.17, 15) is 14.7 Å². The van der Waals surface area contributed by atoms with Gasteiger partial charge in [0.2, 0.25) is 0 Å². The molecule has 1 aliphatic heterocycles. The van der Waals surface area contributed by atoms with Crippen LogP contribution in [-0.2, 0) is 22.6 Å². The van der Waals surface area contributed by atoms with Crippen LogP contribution in [0, 0.1) is 0 Å². The monoisotopic (exact) mass is 545 g/mol. The lowest BCUT2D eigenvalue weighted by Gasteiger charge is -2.27. The van der Waals surface area contributed by atoms with Gasteiger partial charge in [-0.1, -0.05) is 103 Å². The maximum atomic E-state index is 13.5. The van der Waals surface area contributed by atoms with Gasteiger partial charge in [-0.25, -0.2) is 0 Å². The number of ketones is 1. The van der Waals surface area contributed by atoms with Gasteiger partial charge < -0.3 is 19.5 Å². The van der Waals surface area contributed by atoms with E-state index in [2.05, 4.69) is 0 Å². The van der Waals surface area contributed by atoms with Crippen molar-refractivity contribution in [1.29, 1.82) is 0 Å². The van der Waals surface area contributed by atoms with Crippen molar-refractivity contribution >= 4 is 17.8 Å². The second-order valence-electron chi connectivity index (χ2n) is 9.69. The van der Waals surface area contributed by atoms with E-state index in [1.54, 1.807) is 30.2 Å². The molecule has 0 aliphatic carbocycles. The highest BCUT2D eigenvalue weighted by Crippen LogP contribution is 2.41. The van der Waals surface area contributed by atoms with Gasteiger partial charge in [-0.2, -0.15) is 0 Å². The molecule has 1 N–H and O–H groups in total. The van der Waals surface area contributed by atoms with Crippen LogP contribution in [0.25, 0.3) is 6.08 Å². The fraction of sp³-hybridized carbons (Fsp3) is 0.143. The summed E-state index contributed by atoms with van der Waals surface area (Å²) in [5.41, 5.74) is 3.57. The third kappa shape index (κ3) is 6.39. The van der Waals surface area contributed by atoms with Gasteiger partial charge in [-0.15, -0.1) is 0 Å². The Hall–Kier alpha value is -5.10. The molecule has 1 atom stereocenters. The number of amides is 1. The van der Waals surface area contributed by atoms with Gasteiger partial charge in [0.05, 0.1) is 18.7 Å². The standard InChI is InChI=1S/C35H31NO5/c1-40-31-23-28(18-20-30(31)41-24-27-15-9-4-10-16-27)33-32(29(37)19-17-25-11-5-2-6-12-25)34(38)35(39)36(33)22-21-26-13-7-3-8-14-26/h2-20,23,33,38H,21-22,24H2,1H3. The molecule has 4 aromatic rings. The third-order valence-electron chi connectivity index (χ3n) is 7.02. The van der Waals surface area contributed by atoms with Crippen LogP contribution in [0.4, 0.5) is 0 Å². The summed E-state index contributed by atoms with van der Waals surface area (Å²) >= 11 is 0. The highest BCUT2D eigenvalue weighted by Gasteiger charge is 2.43. The second-order valence-corrected chi connectivity index (χ2v) is 9.69. The maximum Gasteiger partial charge on any atom is 0.290 e. The summed E-state index contributed by atoms with van der Waals surface area (Å²) in [5.74, 6) is -0.549. The highest BCUT2D eigenvalue weighted by atomic mass is 16.5. The number of aliphatic hydroxyl groups is 1. The first-order chi connectivity index (χ1) is 20.0. The van der Waals surface area contributed by atoms with Crippen LogP contribution in [0.2, 0.25) is 0 Å². The number of carbonyl (C=O) groups is 2. The summed E-state index contributed by atoms with van der Waals surface area (Å²) in [4.78, 5) is 28.4. The summed E-state index contributed by atoms with van der Waals surface area (Å²) in [7, 11) is 1.55. The summed E-state index contributed by atoms with van der Waals surface area (Å²) in [6.07, 6.45) is 3.64. The third-order valence-corrected chi connectivity index (χ3v) is 7.02. The number of carbonyl (C=O) groups excluding carboxylic acids is 2. The van der Waals surface area contributed by atoms with Crippen LogP contribution >= 0.6 is 0 Å². The number of hydrogen-bond donors (Lipinski definition) is 1. The van der Waals surface area contributed by atoms with Crippen molar-refractivity contribution in [2.24, 2.45) is 0 Å². The molecule has 206 valence electrons. The van der Waals surface area contributed by atoms with Crippen LogP contribution in [0.3, 0.4) is 0 Å². The molecular weight excluding hydrogens is 514 g/mol. The Kier molecular flexibility index (Phi) is 8.60. The second kappa shape index (κ2) is 12.8. The van der Waals surface area contributed by atoms with Crippen molar-refractivity contribution in [3.05, 3.63) is 149 Å². The van der Waals surface area contributed by atoms with Crippen LogP contribution in [-0.4, -0.2) is 35.4 Å². The minimum Gasteiger partial charge on any atom is -0.503 e. The van der Waals surface area contributed by atoms with E-state index in [1.165, 1.54) is 6.08 Å². The topological polar surface area (TPSA) is 76.1 Å². The molecule has 0 aromatic heterocycles. The Morgan fingerprint density at radius 1 is 0.854 bits per heavy atom. The lowest BCUT2D eigenvalue weighted by molar-refractivity contribution is -0.129. The van der Waals surface area contributed by atoms with E-state index in [0.717, 1.165) is 16.7 Å². The number of methoxy groups -OCH3 is 1. The van der Waals surface area contributed by atoms with E-state index in [-0.39, 0.29) is 5.57 Å². The molecule has 0 fully saturated rings. The number of rotatable bonds is 11. The Morgan fingerprint density at radius 2 is 1.49 bits per heavy atom. The molecule has 41 heavy (non-hydrogen) atoms. The van der Waals surface area contributed by atoms with E-state index in [0.29, 0.717) is 36.6 Å². The van der Waals surface area contributed by atoms with E-state index < -0.39 is 23.5 Å². The van der Waals surface area contributed by atoms with Gasteiger partial charge in [0.25, 0.3) is 5.91 Å². The first kappa shape index (κ1) is 27.5. The van der Waals surface area contributed by atoms with E-state index >= 15 is 0 Å². The molecule has 5 rings (SSSR count). The van der Waals surface area contributed by atoms with Gasteiger partial charge in [0.15, 0.2) is 23.0 Å². The minimum absolute atomic E-state index is 0.0373. The van der Waals surface area contributed by atoms with Crippen molar-refractivity contribution in [1.82, 2.24) is 4.90 Å². The highest BCUT2D eigenvalue weighted by molar-refractivity contribution is 6.14. The smallest absolute Gasteiger partial charge is 0.290 e. The zero-order chi connectivity index (χ0) is 28.6. The molecule has 6 nitrogen and oxygen atoms in total. The summed E-state index contributed by atoms with van der Waals surface area (Å²) in [6, 6.07) is 33.5. The van der Waals surface area contributed by atoms with Gasteiger partial charge in [0.1, 0.15) is 6.61 Å². The number of ether oxygens (including phenoxy) is 2. The SMILES string of the molecule is COc1cc(C2C(C(=O)C=Cc3ccccc3)=C(O)C(=O)N2CCc2ccccc2)ccc1OCc1ccccc1. The molecule has 0 bridgehead atoms. The van der Waals surface area contributed by atoms with Crippen LogP contribution in [0.5, 0.6) is 11.5 Å². The number of benzene rings is 4. The Labute approximate surface area is 239 Å². The molecule has 0 radical (unpaired) electrons. The molecule has 1 amide bonds. The van der Waals surface area contributed by atoms with Crippen molar-refractivity contribution in [2.45, 2.75) is 19.1 Å².